The summed E-state index contributed by atoms with van der Waals surface area (Å²) < 4.78 is 10.2. The Kier molecular flexibility index (Phi) is 3.84. The summed E-state index contributed by atoms with van der Waals surface area (Å²) in [6, 6.07) is 0. The average molecular weight is 178 g/mol. The van der Waals surface area contributed by atoms with Crippen molar-refractivity contribution in [1.82, 2.24) is 0 Å². The third-order valence-electron chi connectivity index (χ3n) is 0.767. The molecule has 0 aromatic carbocycles. The summed E-state index contributed by atoms with van der Waals surface area (Å²) in [6.45, 7) is 8.55. The molecule has 3 nitrogen and oxygen atoms in total. The van der Waals surface area contributed by atoms with Crippen LogP contribution >= 0.6 is 0 Å². The second-order valence-corrected chi connectivity index (χ2v) is 9.61. The van der Waals surface area contributed by atoms with Crippen molar-refractivity contribution in [3.8, 4) is 0 Å². The molecule has 0 amide bonds. The molecule has 60 valence electrons. The Bertz CT molecular complexity index is 110. The fraction of sp³-hybridized carbons (Fsp3) is 0.800. The maximum Gasteiger partial charge on any atom is 0.371 e. The minimum absolute atomic E-state index is 0.469. The molecule has 0 aliphatic heterocycles. The standard InChI is InChI=1S/C5H14O3Si2/c1-9(7-5-6)8-10(2,3)4/h5,9H,1-4H3. The van der Waals surface area contributed by atoms with Gasteiger partial charge in [-0.1, -0.05) is 0 Å². The molecule has 0 aliphatic rings. The third kappa shape index (κ3) is 5.99. The molecule has 0 rings (SSSR count). The molecule has 0 radical (unpaired) electrons. The maximum absolute atomic E-state index is 9.85. The summed E-state index contributed by atoms with van der Waals surface area (Å²) in [5.41, 5.74) is 0. The van der Waals surface area contributed by atoms with Gasteiger partial charge in [0, 0.05) is 0 Å². The topological polar surface area (TPSA) is 35.5 Å². The van der Waals surface area contributed by atoms with Crippen LogP contribution in [0.25, 0.3) is 0 Å². The summed E-state index contributed by atoms with van der Waals surface area (Å²) in [6.07, 6.45) is 0. The van der Waals surface area contributed by atoms with Gasteiger partial charge in [-0.3, -0.25) is 4.79 Å². The van der Waals surface area contributed by atoms with E-state index in [2.05, 4.69) is 24.1 Å². The molecule has 0 aromatic heterocycles. The Morgan fingerprint density at radius 2 is 1.90 bits per heavy atom. The van der Waals surface area contributed by atoms with Crippen molar-refractivity contribution in [2.24, 2.45) is 0 Å². The smallest absolute Gasteiger partial charge is 0.371 e. The molecule has 0 bridgehead atoms. The highest BCUT2D eigenvalue weighted by Gasteiger charge is 2.19. The highest BCUT2D eigenvalue weighted by Crippen LogP contribution is 2.04. The summed E-state index contributed by atoms with van der Waals surface area (Å²) in [5.74, 6) is 0. The van der Waals surface area contributed by atoms with Gasteiger partial charge in [0.05, 0.1) is 0 Å². The molecule has 0 saturated carbocycles. The van der Waals surface area contributed by atoms with E-state index in [1.165, 1.54) is 0 Å². The van der Waals surface area contributed by atoms with E-state index in [0.717, 1.165) is 0 Å². The lowest BCUT2D eigenvalue weighted by atomic mass is 11.7. The van der Waals surface area contributed by atoms with Crippen LogP contribution in [0.15, 0.2) is 0 Å². The van der Waals surface area contributed by atoms with Crippen LogP contribution in [-0.2, 0) is 13.3 Å². The first-order valence-corrected chi connectivity index (χ1v) is 8.73. The lowest BCUT2D eigenvalue weighted by Gasteiger charge is -2.20. The van der Waals surface area contributed by atoms with Gasteiger partial charge >= 0.3 is 9.28 Å². The second kappa shape index (κ2) is 3.89. The van der Waals surface area contributed by atoms with Gasteiger partial charge in [-0.15, -0.1) is 0 Å². The van der Waals surface area contributed by atoms with Crippen LogP contribution in [-0.4, -0.2) is 24.1 Å². The third-order valence-corrected chi connectivity index (χ3v) is 5.42. The van der Waals surface area contributed by atoms with Gasteiger partial charge in [0.1, 0.15) is 0 Å². The first-order valence-electron chi connectivity index (χ1n) is 3.22. The van der Waals surface area contributed by atoms with E-state index in [1.807, 2.05) is 6.55 Å². The van der Waals surface area contributed by atoms with Gasteiger partial charge in [-0.25, -0.2) is 0 Å². The van der Waals surface area contributed by atoms with Gasteiger partial charge in [0.2, 0.25) is 0 Å². The Balaban J connectivity index is 3.56. The first-order chi connectivity index (χ1) is 4.45. The van der Waals surface area contributed by atoms with Crippen molar-refractivity contribution in [2.45, 2.75) is 26.2 Å². The monoisotopic (exact) mass is 178 g/mol. The van der Waals surface area contributed by atoms with Gasteiger partial charge in [0.25, 0.3) is 6.47 Å². The number of carbonyl (C=O) groups is 1. The average Bonchev–Trinajstić information content (AvgIpc) is 1.59. The van der Waals surface area contributed by atoms with Crippen molar-refractivity contribution in [2.75, 3.05) is 0 Å². The fourth-order valence-electron chi connectivity index (χ4n) is 0.604. The van der Waals surface area contributed by atoms with Gasteiger partial charge < -0.3 is 8.54 Å². The molecule has 5 heteroatoms. The van der Waals surface area contributed by atoms with Gasteiger partial charge in [-0.05, 0) is 26.2 Å². The number of rotatable bonds is 4. The summed E-state index contributed by atoms with van der Waals surface area (Å²) in [5, 5.41) is 0. The van der Waals surface area contributed by atoms with Crippen LogP contribution in [0.1, 0.15) is 0 Å². The molecule has 10 heavy (non-hydrogen) atoms. The molecule has 1 atom stereocenters. The Labute approximate surface area is 64.3 Å². The van der Waals surface area contributed by atoms with Crippen molar-refractivity contribution >= 4 is 24.1 Å². The Hall–Kier alpha value is -0.136. The molecule has 0 N–H and O–H groups in total. The predicted octanol–water partition coefficient (Wildman–Crippen LogP) is 0.861. The maximum atomic E-state index is 9.85. The van der Waals surface area contributed by atoms with Crippen molar-refractivity contribution in [3.05, 3.63) is 0 Å². The van der Waals surface area contributed by atoms with E-state index in [9.17, 15) is 4.79 Å². The highest BCUT2D eigenvalue weighted by atomic mass is 28.4. The van der Waals surface area contributed by atoms with E-state index >= 15 is 0 Å². The van der Waals surface area contributed by atoms with E-state index in [-0.39, 0.29) is 0 Å². The molecule has 0 fully saturated rings. The highest BCUT2D eigenvalue weighted by molar-refractivity contribution is 6.75. The van der Waals surface area contributed by atoms with Gasteiger partial charge in [-0.2, -0.15) is 0 Å². The molecular weight excluding hydrogens is 164 g/mol. The minimum atomic E-state index is -1.63. The zero-order chi connectivity index (χ0) is 8.20. The van der Waals surface area contributed by atoms with Crippen molar-refractivity contribution < 1.29 is 13.3 Å². The predicted molar refractivity (Wildman–Crippen MR) is 44.6 cm³/mol. The summed E-state index contributed by atoms with van der Waals surface area (Å²) >= 11 is 0. The first kappa shape index (κ1) is 9.86. The lowest BCUT2D eigenvalue weighted by molar-refractivity contribution is -0.121. The zero-order valence-corrected chi connectivity index (χ0v) is 9.03. The fourth-order valence-corrected chi connectivity index (χ4v) is 4.97. The van der Waals surface area contributed by atoms with Crippen LogP contribution in [0.4, 0.5) is 0 Å². The second-order valence-electron chi connectivity index (χ2n) is 3.03. The Morgan fingerprint density at radius 1 is 1.40 bits per heavy atom. The molecular formula is C5H14O3Si2. The molecule has 0 spiro atoms. The molecule has 1 unspecified atom stereocenters. The van der Waals surface area contributed by atoms with E-state index in [1.54, 1.807) is 0 Å². The molecule has 0 aliphatic carbocycles. The number of hydrogen-bond acceptors (Lipinski definition) is 3. The van der Waals surface area contributed by atoms with E-state index in [4.69, 9.17) is 4.12 Å². The summed E-state index contributed by atoms with van der Waals surface area (Å²) in [7, 11) is -3.11. The van der Waals surface area contributed by atoms with Crippen LogP contribution in [0.5, 0.6) is 0 Å². The molecule has 0 heterocycles. The quantitative estimate of drug-likeness (QED) is 0.473. The SMILES string of the molecule is C[SiH](OC=O)O[Si](C)(C)C. The minimum Gasteiger partial charge on any atom is -0.500 e. The van der Waals surface area contributed by atoms with Crippen molar-refractivity contribution in [1.29, 1.82) is 0 Å². The van der Waals surface area contributed by atoms with Crippen LogP contribution in [0.2, 0.25) is 26.2 Å². The van der Waals surface area contributed by atoms with E-state index < -0.39 is 17.6 Å². The number of hydrogen-bond donors (Lipinski definition) is 0. The molecule has 0 aromatic rings. The normalized spacial score (nSPS) is 14.4. The lowest BCUT2D eigenvalue weighted by Crippen LogP contribution is -2.34. The van der Waals surface area contributed by atoms with Crippen LogP contribution in [0.3, 0.4) is 0 Å². The molecule has 0 saturated heterocycles. The summed E-state index contributed by atoms with van der Waals surface area (Å²) in [4.78, 5) is 9.85. The number of carbonyl (C=O) groups excluding carboxylic acids is 1. The largest absolute Gasteiger partial charge is 0.500 e. The Morgan fingerprint density at radius 3 is 2.20 bits per heavy atom. The van der Waals surface area contributed by atoms with Crippen molar-refractivity contribution in [3.63, 3.8) is 0 Å². The van der Waals surface area contributed by atoms with Gasteiger partial charge in [0.15, 0.2) is 8.32 Å². The zero-order valence-electron chi connectivity index (χ0n) is 6.88. The van der Waals surface area contributed by atoms with Crippen LogP contribution in [0, 0.1) is 0 Å². The van der Waals surface area contributed by atoms with E-state index in [0.29, 0.717) is 6.47 Å². The van der Waals surface area contributed by atoms with Crippen LogP contribution < -0.4 is 0 Å².